The van der Waals surface area contributed by atoms with Crippen molar-refractivity contribution < 1.29 is 13.2 Å². The second kappa shape index (κ2) is 4.68. The molecule has 1 aromatic heterocycles. The van der Waals surface area contributed by atoms with Crippen molar-refractivity contribution in [3.05, 3.63) is 16.8 Å². The Bertz CT molecular complexity index is 529. The summed E-state index contributed by atoms with van der Waals surface area (Å²) in [7, 11) is 0. The second-order valence-corrected chi connectivity index (χ2v) is 4.70. The Hall–Kier alpha value is -1.84. The molecule has 7 heteroatoms. The summed E-state index contributed by atoms with van der Waals surface area (Å²) < 4.78 is 37.9. The quantitative estimate of drug-likeness (QED) is 0.846. The van der Waals surface area contributed by atoms with Crippen LogP contribution in [0.15, 0.2) is 0 Å². The van der Waals surface area contributed by atoms with E-state index in [2.05, 4.69) is 10.2 Å². The number of rotatable bonds is 3. The van der Waals surface area contributed by atoms with E-state index in [0.29, 0.717) is 24.1 Å². The van der Waals surface area contributed by atoms with Crippen molar-refractivity contribution in [1.29, 1.82) is 5.26 Å². The number of hydrogen-bond acceptors (Lipinski definition) is 4. The molecule has 1 aliphatic rings. The molecule has 102 valence electrons. The number of aromatic nitrogens is 2. The van der Waals surface area contributed by atoms with Crippen LogP contribution in [0, 0.1) is 25.2 Å². The molecule has 0 N–H and O–H groups in total. The lowest BCUT2D eigenvalue weighted by molar-refractivity contribution is -0.120. The summed E-state index contributed by atoms with van der Waals surface area (Å²) in [5.41, 5.74) is 1.33. The molecule has 0 aliphatic heterocycles. The maximum Gasteiger partial charge on any atom is 0.405 e. The Morgan fingerprint density at radius 1 is 1.32 bits per heavy atom. The van der Waals surface area contributed by atoms with E-state index < -0.39 is 12.7 Å². The zero-order valence-corrected chi connectivity index (χ0v) is 10.6. The average Bonchev–Trinajstić information content (AvgIpc) is 3.12. The van der Waals surface area contributed by atoms with Gasteiger partial charge in [-0.1, -0.05) is 0 Å². The van der Waals surface area contributed by atoms with Crippen LogP contribution in [0.2, 0.25) is 0 Å². The Morgan fingerprint density at radius 3 is 2.42 bits per heavy atom. The fraction of sp³-hybridized carbons (Fsp3) is 0.583. The molecule has 1 fully saturated rings. The van der Waals surface area contributed by atoms with Crippen molar-refractivity contribution in [2.24, 2.45) is 0 Å². The molecule has 0 amide bonds. The normalized spacial score (nSPS) is 15.2. The van der Waals surface area contributed by atoms with E-state index in [1.54, 1.807) is 13.8 Å². The van der Waals surface area contributed by atoms with E-state index in [-0.39, 0.29) is 17.4 Å². The van der Waals surface area contributed by atoms with Gasteiger partial charge in [-0.25, -0.2) is 0 Å². The van der Waals surface area contributed by atoms with Crippen molar-refractivity contribution in [2.75, 3.05) is 11.4 Å². The fourth-order valence-electron chi connectivity index (χ4n) is 1.89. The summed E-state index contributed by atoms with van der Waals surface area (Å²) in [6.45, 7) is 2.26. The third kappa shape index (κ3) is 2.95. The smallest absolute Gasteiger partial charge is 0.342 e. The van der Waals surface area contributed by atoms with Crippen LogP contribution < -0.4 is 4.90 Å². The van der Waals surface area contributed by atoms with E-state index in [1.165, 1.54) is 0 Å². The number of hydrogen-bond donors (Lipinski definition) is 0. The summed E-state index contributed by atoms with van der Waals surface area (Å²) >= 11 is 0. The predicted octanol–water partition coefficient (Wildman–Crippen LogP) is 2.50. The van der Waals surface area contributed by atoms with Crippen LogP contribution in [0.1, 0.15) is 29.7 Å². The lowest BCUT2D eigenvalue weighted by atomic mass is 10.1. The first-order valence-electron chi connectivity index (χ1n) is 5.91. The molecule has 1 heterocycles. The Balaban J connectivity index is 2.43. The van der Waals surface area contributed by atoms with Crippen LogP contribution >= 0.6 is 0 Å². The maximum atomic E-state index is 12.6. The van der Waals surface area contributed by atoms with Gasteiger partial charge < -0.3 is 4.90 Å². The molecule has 0 radical (unpaired) electrons. The molecule has 0 saturated heterocycles. The molecule has 0 atom stereocenters. The van der Waals surface area contributed by atoms with Gasteiger partial charge in [0.25, 0.3) is 0 Å². The van der Waals surface area contributed by atoms with Gasteiger partial charge in [-0.2, -0.15) is 23.5 Å². The highest BCUT2D eigenvalue weighted by Crippen LogP contribution is 2.35. The molecule has 1 aliphatic carbocycles. The first-order chi connectivity index (χ1) is 8.83. The largest absolute Gasteiger partial charge is 0.405 e. The Labute approximate surface area is 108 Å². The minimum atomic E-state index is -4.32. The number of halogens is 3. The average molecular weight is 270 g/mol. The number of nitrogens with zero attached hydrogens (tertiary/aromatic N) is 4. The fourth-order valence-corrected chi connectivity index (χ4v) is 1.89. The maximum absolute atomic E-state index is 12.6. The summed E-state index contributed by atoms with van der Waals surface area (Å²) in [6.07, 6.45) is -2.94. The molecule has 19 heavy (non-hydrogen) atoms. The Morgan fingerprint density at radius 2 is 1.95 bits per heavy atom. The van der Waals surface area contributed by atoms with Gasteiger partial charge in [0.05, 0.1) is 5.69 Å². The zero-order valence-electron chi connectivity index (χ0n) is 10.6. The van der Waals surface area contributed by atoms with Crippen molar-refractivity contribution in [1.82, 2.24) is 10.2 Å². The first-order valence-corrected chi connectivity index (χ1v) is 5.91. The van der Waals surface area contributed by atoms with Crippen molar-refractivity contribution in [3.63, 3.8) is 0 Å². The molecule has 0 aromatic carbocycles. The number of aryl methyl sites for hydroxylation is 1. The SMILES string of the molecule is Cc1nnc(N(CC(F)(F)F)C2CC2)c(C#N)c1C. The minimum Gasteiger partial charge on any atom is -0.342 e. The van der Waals surface area contributed by atoms with Gasteiger partial charge in [0.15, 0.2) is 5.82 Å². The molecular formula is C12H13F3N4. The van der Waals surface area contributed by atoms with Gasteiger partial charge >= 0.3 is 6.18 Å². The minimum absolute atomic E-state index is 0.0467. The number of alkyl halides is 3. The summed E-state index contributed by atoms with van der Waals surface area (Å²) in [6, 6.07) is 1.75. The van der Waals surface area contributed by atoms with E-state index >= 15 is 0 Å². The summed E-state index contributed by atoms with van der Waals surface area (Å²) in [5.74, 6) is 0.0467. The summed E-state index contributed by atoms with van der Waals surface area (Å²) in [5, 5.41) is 16.8. The molecule has 1 aromatic rings. The molecule has 1 saturated carbocycles. The van der Waals surface area contributed by atoms with Gasteiger partial charge in [-0.3, -0.25) is 0 Å². The third-order valence-corrected chi connectivity index (χ3v) is 3.16. The van der Waals surface area contributed by atoms with E-state index in [0.717, 1.165) is 4.90 Å². The highest BCUT2D eigenvalue weighted by Gasteiger charge is 2.40. The molecule has 4 nitrogen and oxygen atoms in total. The molecular weight excluding hydrogens is 257 g/mol. The molecule has 2 rings (SSSR count). The van der Waals surface area contributed by atoms with Gasteiger partial charge in [0.1, 0.15) is 18.2 Å². The monoisotopic (exact) mass is 270 g/mol. The van der Waals surface area contributed by atoms with Gasteiger partial charge in [-0.15, -0.1) is 5.10 Å². The van der Waals surface area contributed by atoms with Gasteiger partial charge in [0.2, 0.25) is 0 Å². The Kier molecular flexibility index (Phi) is 3.35. The van der Waals surface area contributed by atoms with Crippen LogP contribution in [0.4, 0.5) is 19.0 Å². The second-order valence-electron chi connectivity index (χ2n) is 4.70. The first kappa shape index (κ1) is 13.6. The van der Waals surface area contributed by atoms with Gasteiger partial charge in [-0.05, 0) is 32.3 Å². The highest BCUT2D eigenvalue weighted by atomic mass is 19.4. The standard InChI is InChI=1S/C12H13F3N4/c1-7-8(2)17-18-11(10(7)5-16)19(9-3-4-9)6-12(13,14)15/h9H,3-4,6H2,1-2H3. The zero-order chi connectivity index (χ0) is 14.2. The van der Waals surface area contributed by atoms with Crippen LogP contribution in [-0.4, -0.2) is 29.0 Å². The van der Waals surface area contributed by atoms with Crippen LogP contribution in [-0.2, 0) is 0 Å². The topological polar surface area (TPSA) is 52.8 Å². The molecule has 0 bridgehead atoms. The number of nitriles is 1. The van der Waals surface area contributed by atoms with Crippen LogP contribution in [0.3, 0.4) is 0 Å². The van der Waals surface area contributed by atoms with E-state index in [4.69, 9.17) is 5.26 Å². The highest BCUT2D eigenvalue weighted by molar-refractivity contribution is 5.58. The summed E-state index contributed by atoms with van der Waals surface area (Å²) in [4.78, 5) is 1.15. The molecule has 0 spiro atoms. The number of anilines is 1. The lowest BCUT2D eigenvalue weighted by Gasteiger charge is -2.25. The van der Waals surface area contributed by atoms with E-state index in [1.807, 2.05) is 6.07 Å². The van der Waals surface area contributed by atoms with E-state index in [9.17, 15) is 13.2 Å². The van der Waals surface area contributed by atoms with Crippen LogP contribution in [0.25, 0.3) is 0 Å². The van der Waals surface area contributed by atoms with Crippen molar-refractivity contribution in [3.8, 4) is 6.07 Å². The predicted molar refractivity (Wildman–Crippen MR) is 62.6 cm³/mol. The molecule has 0 unspecified atom stereocenters. The van der Waals surface area contributed by atoms with Crippen molar-refractivity contribution in [2.45, 2.75) is 38.9 Å². The van der Waals surface area contributed by atoms with Crippen molar-refractivity contribution >= 4 is 5.82 Å². The van der Waals surface area contributed by atoms with Crippen LogP contribution in [0.5, 0.6) is 0 Å². The van der Waals surface area contributed by atoms with Gasteiger partial charge in [0, 0.05) is 6.04 Å². The lowest BCUT2D eigenvalue weighted by Crippen LogP contribution is -2.37. The third-order valence-electron chi connectivity index (χ3n) is 3.16.